The fourth-order valence-electron chi connectivity index (χ4n) is 4.61. The summed E-state index contributed by atoms with van der Waals surface area (Å²) in [6, 6.07) is 12.0. The third-order valence-electron chi connectivity index (χ3n) is 6.09. The van der Waals surface area contributed by atoms with E-state index in [0.717, 1.165) is 10.6 Å². The van der Waals surface area contributed by atoms with Crippen molar-refractivity contribution >= 4 is 5.91 Å². The molecule has 3 aromatic rings. The highest BCUT2D eigenvalue weighted by Crippen LogP contribution is 2.37. The fourth-order valence-corrected chi connectivity index (χ4v) is 4.61. The van der Waals surface area contributed by atoms with Crippen LogP contribution in [0, 0.1) is 5.82 Å². The number of imidazole rings is 1. The van der Waals surface area contributed by atoms with Crippen LogP contribution < -0.4 is 4.74 Å². The number of carbonyl (C=O) groups is 1. The molecule has 2 aromatic carbocycles. The van der Waals surface area contributed by atoms with Gasteiger partial charge in [0.15, 0.2) is 0 Å². The van der Waals surface area contributed by atoms with Crippen LogP contribution in [0.25, 0.3) is 0 Å². The lowest BCUT2D eigenvalue weighted by molar-refractivity contribution is -0.312. The van der Waals surface area contributed by atoms with E-state index in [1.165, 1.54) is 25.3 Å². The van der Waals surface area contributed by atoms with E-state index in [9.17, 15) is 18.0 Å². The summed E-state index contributed by atoms with van der Waals surface area (Å²) in [6.45, 7) is -2.70. The first kappa shape index (κ1) is 24.7. The minimum Gasteiger partial charge on any atom is -0.496 e. The summed E-state index contributed by atoms with van der Waals surface area (Å²) in [7, 11) is 1.43. The number of amides is 1. The molecule has 0 bridgehead atoms. The van der Waals surface area contributed by atoms with Crippen molar-refractivity contribution < 1.29 is 27.5 Å². The van der Waals surface area contributed by atoms with E-state index < -0.39 is 24.5 Å². The SMILES string of the molecule is COc1ccc(F)cc1CN(OC(F)F)C1CCCN(C(=O)Cn2ccnc2)C1c1ccccc1. The van der Waals surface area contributed by atoms with Gasteiger partial charge in [-0.1, -0.05) is 30.3 Å². The number of methoxy groups -OCH3 is 1. The molecule has 35 heavy (non-hydrogen) atoms. The van der Waals surface area contributed by atoms with Crippen LogP contribution in [0.1, 0.15) is 30.0 Å². The minimum atomic E-state index is -3.09. The Hall–Kier alpha value is -3.37. The summed E-state index contributed by atoms with van der Waals surface area (Å²) in [6.07, 6.45) is 5.93. The van der Waals surface area contributed by atoms with E-state index >= 15 is 0 Å². The molecule has 1 aromatic heterocycles. The largest absolute Gasteiger partial charge is 0.496 e. The molecule has 7 nitrogen and oxygen atoms in total. The molecule has 0 spiro atoms. The first-order valence-electron chi connectivity index (χ1n) is 11.3. The molecule has 0 saturated carbocycles. The van der Waals surface area contributed by atoms with Gasteiger partial charge in [0, 0.05) is 24.5 Å². The predicted molar refractivity (Wildman–Crippen MR) is 122 cm³/mol. The first-order chi connectivity index (χ1) is 17.0. The number of carbonyl (C=O) groups excluding carboxylic acids is 1. The Balaban J connectivity index is 1.70. The number of rotatable bonds is 9. The maximum Gasteiger partial charge on any atom is 0.360 e. The van der Waals surface area contributed by atoms with E-state index in [1.54, 1.807) is 28.2 Å². The van der Waals surface area contributed by atoms with Gasteiger partial charge in [0.2, 0.25) is 5.91 Å². The standard InChI is InChI=1S/C25H27F3N4O3/c1-34-22-10-9-20(26)14-19(22)15-32(35-25(27)28)21-8-5-12-31(23(33)16-30-13-11-29-17-30)24(21)18-6-3-2-4-7-18/h2-4,6-7,9-11,13-14,17,21,24-25H,5,8,12,15-16H2,1H3. The Morgan fingerprint density at radius 2 is 2.03 bits per heavy atom. The molecule has 2 unspecified atom stereocenters. The summed E-state index contributed by atoms with van der Waals surface area (Å²) < 4.78 is 48.1. The third kappa shape index (κ3) is 6.01. The zero-order valence-electron chi connectivity index (χ0n) is 19.3. The second-order valence-electron chi connectivity index (χ2n) is 8.28. The quantitative estimate of drug-likeness (QED) is 0.418. The van der Waals surface area contributed by atoms with Gasteiger partial charge < -0.3 is 14.2 Å². The highest BCUT2D eigenvalue weighted by atomic mass is 19.3. The van der Waals surface area contributed by atoms with Gasteiger partial charge in [-0.3, -0.25) is 4.79 Å². The number of hydrogen-bond donors (Lipinski definition) is 0. The molecule has 10 heteroatoms. The summed E-state index contributed by atoms with van der Waals surface area (Å²) in [5.41, 5.74) is 1.16. The van der Waals surface area contributed by atoms with Crippen LogP contribution >= 0.6 is 0 Å². The Labute approximate surface area is 201 Å². The number of piperidine rings is 1. The number of hydroxylamine groups is 2. The zero-order valence-corrected chi connectivity index (χ0v) is 19.3. The highest BCUT2D eigenvalue weighted by molar-refractivity contribution is 5.76. The lowest BCUT2D eigenvalue weighted by Gasteiger charge is -2.45. The van der Waals surface area contributed by atoms with Crippen LogP contribution in [0.15, 0.2) is 67.3 Å². The van der Waals surface area contributed by atoms with Gasteiger partial charge in [-0.05, 0) is 36.6 Å². The number of nitrogens with zero attached hydrogens (tertiary/aromatic N) is 4. The van der Waals surface area contributed by atoms with Gasteiger partial charge in [-0.25, -0.2) is 14.2 Å². The normalized spacial score (nSPS) is 18.3. The lowest BCUT2D eigenvalue weighted by atomic mass is 9.89. The zero-order chi connectivity index (χ0) is 24.8. The highest BCUT2D eigenvalue weighted by Gasteiger charge is 2.40. The molecule has 0 radical (unpaired) electrons. The van der Waals surface area contributed by atoms with Crippen molar-refractivity contribution in [3.63, 3.8) is 0 Å². The number of alkyl halides is 2. The third-order valence-corrected chi connectivity index (χ3v) is 6.09. The second kappa shape index (κ2) is 11.4. The second-order valence-corrected chi connectivity index (χ2v) is 8.28. The molecule has 186 valence electrons. The molecule has 1 saturated heterocycles. The number of benzene rings is 2. The van der Waals surface area contributed by atoms with Gasteiger partial charge in [-0.15, -0.1) is 0 Å². The number of halogens is 3. The predicted octanol–water partition coefficient (Wildman–Crippen LogP) is 4.42. The van der Waals surface area contributed by atoms with Gasteiger partial charge >= 0.3 is 6.61 Å². The van der Waals surface area contributed by atoms with Gasteiger partial charge in [0.05, 0.1) is 32.1 Å². The Morgan fingerprint density at radius 1 is 1.23 bits per heavy atom. The van der Waals surface area contributed by atoms with E-state index in [0.29, 0.717) is 30.7 Å². The van der Waals surface area contributed by atoms with E-state index in [1.807, 2.05) is 30.3 Å². The van der Waals surface area contributed by atoms with Crippen molar-refractivity contribution in [2.24, 2.45) is 0 Å². The minimum absolute atomic E-state index is 0.0729. The number of hydrogen-bond acceptors (Lipinski definition) is 5. The Morgan fingerprint density at radius 3 is 2.71 bits per heavy atom. The fraction of sp³-hybridized carbons (Fsp3) is 0.360. The molecular weight excluding hydrogens is 461 g/mol. The first-order valence-corrected chi connectivity index (χ1v) is 11.3. The maximum absolute atomic E-state index is 14.0. The van der Waals surface area contributed by atoms with E-state index in [4.69, 9.17) is 9.57 Å². The summed E-state index contributed by atoms with van der Waals surface area (Å²) in [5, 5.41) is 1.16. The molecule has 0 aliphatic carbocycles. The molecule has 0 N–H and O–H groups in total. The molecule has 1 aliphatic heterocycles. The molecular formula is C25H27F3N4O3. The molecule has 1 aliphatic rings. The van der Waals surface area contributed by atoms with Crippen LogP contribution in [0.5, 0.6) is 5.75 Å². The summed E-state index contributed by atoms with van der Waals surface area (Å²) in [4.78, 5) is 24.0. The number of likely N-dealkylation sites (tertiary alicyclic amines) is 1. The number of ether oxygens (including phenoxy) is 1. The molecule has 1 fully saturated rings. The average Bonchev–Trinajstić information content (AvgIpc) is 3.36. The Bertz CT molecular complexity index is 1100. The van der Waals surface area contributed by atoms with Crippen LogP contribution in [-0.2, 0) is 22.7 Å². The van der Waals surface area contributed by atoms with Crippen molar-refractivity contribution in [1.29, 1.82) is 0 Å². The van der Waals surface area contributed by atoms with E-state index in [-0.39, 0.29) is 19.0 Å². The molecule has 2 atom stereocenters. The maximum atomic E-state index is 14.0. The van der Waals surface area contributed by atoms with Crippen LogP contribution in [-0.4, -0.2) is 51.7 Å². The van der Waals surface area contributed by atoms with Crippen molar-refractivity contribution in [1.82, 2.24) is 19.5 Å². The van der Waals surface area contributed by atoms with E-state index in [2.05, 4.69) is 4.98 Å². The summed E-state index contributed by atoms with van der Waals surface area (Å²) in [5.74, 6) is -0.325. The molecule has 4 rings (SSSR count). The Kier molecular flexibility index (Phi) is 8.04. The van der Waals surface area contributed by atoms with Crippen LogP contribution in [0.3, 0.4) is 0 Å². The lowest BCUT2D eigenvalue weighted by Crippen LogP contribution is -2.52. The van der Waals surface area contributed by atoms with Gasteiger partial charge in [-0.2, -0.15) is 13.8 Å². The van der Waals surface area contributed by atoms with Crippen LogP contribution in [0.4, 0.5) is 13.2 Å². The van der Waals surface area contributed by atoms with Crippen molar-refractivity contribution in [3.05, 3.63) is 84.2 Å². The molecule has 1 amide bonds. The smallest absolute Gasteiger partial charge is 0.360 e. The van der Waals surface area contributed by atoms with Gasteiger partial charge in [0.25, 0.3) is 0 Å². The van der Waals surface area contributed by atoms with Gasteiger partial charge in [0.1, 0.15) is 18.1 Å². The van der Waals surface area contributed by atoms with Crippen LogP contribution in [0.2, 0.25) is 0 Å². The van der Waals surface area contributed by atoms with Crippen molar-refractivity contribution in [2.45, 2.75) is 44.6 Å². The van der Waals surface area contributed by atoms with Crippen molar-refractivity contribution in [2.75, 3.05) is 13.7 Å². The van der Waals surface area contributed by atoms with Crippen molar-refractivity contribution in [3.8, 4) is 5.75 Å². The monoisotopic (exact) mass is 488 g/mol. The topological polar surface area (TPSA) is 59.8 Å². The molecule has 2 heterocycles. The number of aromatic nitrogens is 2. The summed E-state index contributed by atoms with van der Waals surface area (Å²) >= 11 is 0. The average molecular weight is 489 g/mol.